The molecule has 0 radical (unpaired) electrons. The molecule has 0 aromatic rings. The summed E-state index contributed by atoms with van der Waals surface area (Å²) < 4.78 is 47.5. The van der Waals surface area contributed by atoms with Gasteiger partial charge in [0.05, 0.1) is 25.4 Å². The van der Waals surface area contributed by atoms with Gasteiger partial charge in [0, 0.05) is 6.42 Å². The van der Waals surface area contributed by atoms with Crippen LogP contribution >= 0.6 is 0 Å². The van der Waals surface area contributed by atoms with Crippen LogP contribution in [0, 0.1) is 0 Å². The van der Waals surface area contributed by atoms with Crippen molar-refractivity contribution >= 4 is 16.3 Å². The maximum atomic E-state index is 13.0. The number of hydrogen-bond acceptors (Lipinski definition) is 10. The first kappa shape index (κ1) is 58.6. The van der Waals surface area contributed by atoms with E-state index in [4.69, 9.17) is 14.0 Å². The van der Waals surface area contributed by atoms with Gasteiger partial charge in [0.15, 0.2) is 6.29 Å². The van der Waals surface area contributed by atoms with Crippen LogP contribution < -0.4 is 5.32 Å². The molecule has 1 rings (SSSR count). The molecule has 1 aliphatic heterocycles. The van der Waals surface area contributed by atoms with Gasteiger partial charge >= 0.3 is 10.4 Å². The normalized spacial score (nSPS) is 20.7. The van der Waals surface area contributed by atoms with Crippen LogP contribution in [0.5, 0.6) is 0 Å². The predicted molar refractivity (Wildman–Crippen MR) is 250 cm³/mol. The molecule has 0 aromatic carbocycles. The largest absolute Gasteiger partial charge is 0.397 e. The molecule has 1 fully saturated rings. The highest BCUT2D eigenvalue weighted by molar-refractivity contribution is 7.80. The summed E-state index contributed by atoms with van der Waals surface area (Å²) in [5, 5.41) is 44.6. The molecule has 7 atom stereocenters. The molecule has 0 aromatic heterocycles. The van der Waals surface area contributed by atoms with Crippen molar-refractivity contribution in [3.05, 3.63) is 24.3 Å². The molecule has 1 saturated heterocycles. The fourth-order valence-electron chi connectivity index (χ4n) is 8.04. The Labute approximate surface area is 378 Å². The molecule has 0 saturated carbocycles. The zero-order valence-electron chi connectivity index (χ0n) is 39.2. The first-order valence-corrected chi connectivity index (χ1v) is 26.6. The first-order valence-electron chi connectivity index (χ1n) is 25.2. The van der Waals surface area contributed by atoms with E-state index >= 15 is 0 Å². The molecule has 1 aliphatic rings. The van der Waals surface area contributed by atoms with E-state index in [9.17, 15) is 33.6 Å². The van der Waals surface area contributed by atoms with Crippen LogP contribution in [0.25, 0.3) is 0 Å². The molecule has 0 spiro atoms. The highest BCUT2D eigenvalue weighted by Gasteiger charge is 2.48. The minimum atomic E-state index is -5.08. The second-order valence-corrected chi connectivity index (χ2v) is 18.8. The van der Waals surface area contributed by atoms with E-state index in [-0.39, 0.29) is 18.9 Å². The van der Waals surface area contributed by atoms with Gasteiger partial charge in [0.1, 0.15) is 24.4 Å². The average molecular weight is 904 g/mol. The molecular formula is C49H93NO11S. The summed E-state index contributed by atoms with van der Waals surface area (Å²) >= 11 is 0. The van der Waals surface area contributed by atoms with Gasteiger partial charge in [-0.3, -0.25) is 9.35 Å². The van der Waals surface area contributed by atoms with Crippen molar-refractivity contribution in [3.63, 3.8) is 0 Å². The number of rotatable bonds is 43. The van der Waals surface area contributed by atoms with Gasteiger partial charge < -0.3 is 35.2 Å². The zero-order chi connectivity index (χ0) is 45.5. The summed E-state index contributed by atoms with van der Waals surface area (Å²) in [5.74, 6) is -0.265. The molecule has 62 heavy (non-hydrogen) atoms. The zero-order valence-corrected chi connectivity index (χ0v) is 40.0. The van der Waals surface area contributed by atoms with Crippen molar-refractivity contribution in [2.45, 2.75) is 269 Å². The smallest absolute Gasteiger partial charge is 0.394 e. The van der Waals surface area contributed by atoms with Crippen molar-refractivity contribution in [2.75, 3.05) is 13.2 Å². The highest BCUT2D eigenvalue weighted by Crippen LogP contribution is 2.26. The fourth-order valence-corrected chi connectivity index (χ4v) is 8.55. The molecule has 0 bridgehead atoms. The second kappa shape index (κ2) is 39.9. The van der Waals surface area contributed by atoms with E-state index in [1.165, 1.54) is 154 Å². The number of carbonyl (C=O) groups excluding carboxylic acids is 1. The summed E-state index contributed by atoms with van der Waals surface area (Å²) in [5.41, 5.74) is 0. The van der Waals surface area contributed by atoms with Gasteiger partial charge in [-0.2, -0.15) is 8.42 Å². The standard InChI is InChI=1S/C49H93NO11S/c1-3-5-7-9-11-13-14-15-16-17-18-19-20-21-22-23-24-25-26-27-28-29-31-33-35-37-39-45(53)50-42(43(52)38-36-34-32-30-12-10-8-6-4-2)41-59-49-47(55)48(61-62(56,57)58)46(54)44(40-51)60-49/h21-22,36,38,42-44,46-49,51-52,54-55H,3-20,23-35,37,39-41H2,1-2H3,(H,50,53)(H,56,57,58)/b22-21-,38-36+. The number of hydrogen-bond donors (Lipinski definition) is 6. The number of ether oxygens (including phenoxy) is 2. The van der Waals surface area contributed by atoms with Gasteiger partial charge in [-0.25, -0.2) is 4.18 Å². The lowest BCUT2D eigenvalue weighted by molar-refractivity contribution is -0.298. The first-order chi connectivity index (χ1) is 30.0. The third-order valence-corrected chi connectivity index (χ3v) is 12.4. The van der Waals surface area contributed by atoms with Crippen molar-refractivity contribution in [1.29, 1.82) is 0 Å². The number of aliphatic hydroxyl groups excluding tert-OH is 4. The molecule has 1 amide bonds. The quantitative estimate of drug-likeness (QED) is 0.0194. The van der Waals surface area contributed by atoms with E-state index < -0.39 is 59.9 Å². The van der Waals surface area contributed by atoms with E-state index in [1.54, 1.807) is 6.08 Å². The topological polar surface area (TPSA) is 192 Å². The molecule has 13 heteroatoms. The monoisotopic (exact) mass is 904 g/mol. The summed E-state index contributed by atoms with van der Waals surface area (Å²) in [7, 11) is -5.08. The number of unbranched alkanes of at least 4 members (excludes halogenated alkanes) is 29. The average Bonchev–Trinajstić information content (AvgIpc) is 3.24. The van der Waals surface area contributed by atoms with Crippen LogP contribution in [0.15, 0.2) is 24.3 Å². The lowest BCUT2D eigenvalue weighted by Gasteiger charge is -2.41. The Morgan fingerprint density at radius 2 is 1.03 bits per heavy atom. The predicted octanol–water partition coefficient (Wildman–Crippen LogP) is 10.5. The van der Waals surface area contributed by atoms with Gasteiger partial charge in [0.2, 0.25) is 5.91 Å². The lowest BCUT2D eigenvalue weighted by atomic mass is 9.99. The van der Waals surface area contributed by atoms with Crippen LogP contribution in [-0.4, -0.2) is 95.4 Å². The number of nitrogens with one attached hydrogen (secondary N) is 1. The molecule has 12 nitrogen and oxygen atoms in total. The molecule has 7 unspecified atom stereocenters. The summed E-state index contributed by atoms with van der Waals surface area (Å²) in [6, 6.07) is -0.941. The van der Waals surface area contributed by atoms with E-state index in [0.717, 1.165) is 44.9 Å². The Morgan fingerprint density at radius 3 is 1.45 bits per heavy atom. The van der Waals surface area contributed by atoms with Crippen LogP contribution in [0.3, 0.4) is 0 Å². The number of aliphatic hydroxyl groups is 4. The second-order valence-electron chi connectivity index (χ2n) is 17.8. The molecule has 1 heterocycles. The van der Waals surface area contributed by atoms with Gasteiger partial charge in [-0.1, -0.05) is 199 Å². The number of amides is 1. The maximum absolute atomic E-state index is 13.0. The summed E-state index contributed by atoms with van der Waals surface area (Å²) in [4.78, 5) is 13.0. The van der Waals surface area contributed by atoms with Crippen LogP contribution in [0.4, 0.5) is 0 Å². The Kier molecular flexibility index (Phi) is 37.7. The fraction of sp³-hybridized carbons (Fsp3) is 0.898. The maximum Gasteiger partial charge on any atom is 0.397 e. The molecule has 0 aliphatic carbocycles. The summed E-state index contributed by atoms with van der Waals surface area (Å²) in [6.07, 6.45) is 38.2. The Balaban J connectivity index is 2.31. The van der Waals surface area contributed by atoms with E-state index in [0.29, 0.717) is 6.42 Å². The van der Waals surface area contributed by atoms with Gasteiger partial charge in [0.25, 0.3) is 0 Å². The third kappa shape index (κ3) is 32.3. The minimum Gasteiger partial charge on any atom is -0.394 e. The van der Waals surface area contributed by atoms with Crippen LogP contribution in [0.2, 0.25) is 0 Å². The number of allylic oxidation sites excluding steroid dienone is 3. The van der Waals surface area contributed by atoms with Gasteiger partial charge in [-0.15, -0.1) is 0 Å². The van der Waals surface area contributed by atoms with Crippen LogP contribution in [-0.2, 0) is 28.9 Å². The van der Waals surface area contributed by atoms with Crippen LogP contribution in [0.1, 0.15) is 226 Å². The highest BCUT2D eigenvalue weighted by atomic mass is 32.3. The molecule has 366 valence electrons. The van der Waals surface area contributed by atoms with E-state index in [1.807, 2.05) is 6.08 Å². The van der Waals surface area contributed by atoms with Crippen molar-refractivity contribution in [3.8, 4) is 0 Å². The van der Waals surface area contributed by atoms with Gasteiger partial charge in [-0.05, 0) is 44.9 Å². The Morgan fingerprint density at radius 1 is 0.629 bits per heavy atom. The minimum absolute atomic E-state index is 0.265. The SMILES string of the molecule is CCCCCCCCC/C=C/C(O)C(COC1OC(CO)C(O)C(OS(=O)(=O)O)C1O)NC(=O)CCCCCCCCCCCC/C=C\CCCCCCCCCCCCCC. The lowest BCUT2D eigenvalue weighted by Crippen LogP contribution is -2.61. The number of carbonyl (C=O) groups is 1. The van der Waals surface area contributed by atoms with Crippen molar-refractivity contribution < 1.29 is 51.8 Å². The molecule has 6 N–H and O–H groups in total. The van der Waals surface area contributed by atoms with Crippen molar-refractivity contribution in [2.24, 2.45) is 0 Å². The van der Waals surface area contributed by atoms with Crippen molar-refractivity contribution in [1.82, 2.24) is 5.32 Å². The molecular weight excluding hydrogens is 811 g/mol. The van der Waals surface area contributed by atoms with E-state index in [2.05, 4.69) is 35.5 Å². The third-order valence-electron chi connectivity index (χ3n) is 12.0. The Bertz CT molecular complexity index is 1200. The Hall–Kier alpha value is -1.42. The summed E-state index contributed by atoms with van der Waals surface area (Å²) in [6.45, 7) is 3.36.